The van der Waals surface area contributed by atoms with E-state index in [1.165, 1.54) is 0 Å². The third kappa shape index (κ3) is 1.96. The summed E-state index contributed by atoms with van der Waals surface area (Å²) in [5.74, 6) is 0. The van der Waals surface area contributed by atoms with Crippen LogP contribution in [0.2, 0.25) is 0 Å². The summed E-state index contributed by atoms with van der Waals surface area (Å²) >= 11 is 0. The highest BCUT2D eigenvalue weighted by atomic mass is 19.3. The maximum Gasteiger partial charge on any atom is 0.268 e. The third-order valence-electron chi connectivity index (χ3n) is 3.35. The fourth-order valence-corrected chi connectivity index (χ4v) is 2.49. The molecule has 0 bridgehead atoms. The Morgan fingerprint density at radius 2 is 1.26 bits per heavy atom. The van der Waals surface area contributed by atoms with Gasteiger partial charge in [-0.2, -0.15) is 0 Å². The van der Waals surface area contributed by atoms with E-state index in [1.807, 2.05) is 30.3 Å². The maximum atomic E-state index is 12.9. The average molecular weight is 258 g/mol. The lowest BCUT2D eigenvalue weighted by Gasteiger charge is -2.16. The van der Waals surface area contributed by atoms with Crippen molar-refractivity contribution in [2.45, 2.75) is 12.5 Å². The summed E-state index contributed by atoms with van der Waals surface area (Å²) in [7, 11) is 0. The van der Waals surface area contributed by atoms with Crippen LogP contribution in [-0.2, 0) is 0 Å². The van der Waals surface area contributed by atoms with Crippen molar-refractivity contribution < 1.29 is 13.9 Å². The molecule has 0 saturated carbocycles. The number of aliphatic hydroxyl groups is 1. The Labute approximate surface area is 109 Å². The molecule has 0 aliphatic heterocycles. The van der Waals surface area contributed by atoms with Gasteiger partial charge in [0.25, 0.3) is 6.43 Å². The Morgan fingerprint density at radius 1 is 0.789 bits per heavy atom. The molecule has 3 aromatic rings. The lowest BCUT2D eigenvalue weighted by Crippen LogP contribution is -2.09. The van der Waals surface area contributed by atoms with Crippen LogP contribution in [0, 0.1) is 0 Å². The van der Waals surface area contributed by atoms with Crippen LogP contribution in [0.1, 0.15) is 11.7 Å². The fourth-order valence-electron chi connectivity index (χ4n) is 2.49. The van der Waals surface area contributed by atoms with E-state index in [0.29, 0.717) is 16.3 Å². The number of halogens is 2. The summed E-state index contributed by atoms with van der Waals surface area (Å²) < 4.78 is 25.8. The highest BCUT2D eigenvalue weighted by Crippen LogP contribution is 2.35. The first-order chi connectivity index (χ1) is 9.18. The number of benzene rings is 3. The van der Waals surface area contributed by atoms with Gasteiger partial charge in [-0.3, -0.25) is 0 Å². The van der Waals surface area contributed by atoms with Crippen molar-refractivity contribution in [2.24, 2.45) is 0 Å². The van der Waals surface area contributed by atoms with Gasteiger partial charge < -0.3 is 5.11 Å². The van der Waals surface area contributed by atoms with E-state index in [1.54, 1.807) is 24.3 Å². The first-order valence-corrected chi connectivity index (χ1v) is 6.05. The van der Waals surface area contributed by atoms with Gasteiger partial charge in [0.2, 0.25) is 0 Å². The standard InChI is InChI=1S/C16H12F2O/c17-16(18)15(19)14-12-7-3-1-5-10(12)9-11-6-2-4-8-13(11)14/h1-9,15-16,19H. The zero-order chi connectivity index (χ0) is 13.4. The second-order valence-corrected chi connectivity index (χ2v) is 4.51. The lowest BCUT2D eigenvalue weighted by atomic mass is 9.93. The minimum absolute atomic E-state index is 0.309. The van der Waals surface area contributed by atoms with Gasteiger partial charge in [-0.25, -0.2) is 8.78 Å². The van der Waals surface area contributed by atoms with Gasteiger partial charge in [0.15, 0.2) is 0 Å². The Balaban J connectivity index is 2.46. The van der Waals surface area contributed by atoms with Crippen LogP contribution in [0.4, 0.5) is 8.78 Å². The van der Waals surface area contributed by atoms with Crippen LogP contribution in [0.3, 0.4) is 0 Å². The summed E-state index contributed by atoms with van der Waals surface area (Å²) in [6.45, 7) is 0. The highest BCUT2D eigenvalue weighted by molar-refractivity contribution is 6.02. The monoisotopic (exact) mass is 258 g/mol. The van der Waals surface area contributed by atoms with E-state index in [4.69, 9.17) is 0 Å². The topological polar surface area (TPSA) is 20.2 Å². The van der Waals surface area contributed by atoms with Gasteiger partial charge in [-0.05, 0) is 27.6 Å². The van der Waals surface area contributed by atoms with Crippen LogP contribution in [0.25, 0.3) is 21.5 Å². The molecule has 0 aliphatic rings. The fraction of sp³-hybridized carbons (Fsp3) is 0.125. The number of fused-ring (bicyclic) bond motifs is 2. The van der Waals surface area contributed by atoms with Gasteiger partial charge in [0, 0.05) is 5.56 Å². The molecule has 0 fully saturated rings. The smallest absolute Gasteiger partial charge is 0.268 e. The molecular weight excluding hydrogens is 246 g/mol. The normalized spacial score (nSPS) is 13.3. The summed E-state index contributed by atoms with van der Waals surface area (Å²) in [5.41, 5.74) is 0.309. The molecule has 3 heteroatoms. The molecule has 0 aliphatic carbocycles. The molecule has 0 saturated heterocycles. The second-order valence-electron chi connectivity index (χ2n) is 4.51. The van der Waals surface area contributed by atoms with E-state index >= 15 is 0 Å². The van der Waals surface area contributed by atoms with Gasteiger partial charge in [0.1, 0.15) is 6.10 Å². The molecule has 1 atom stereocenters. The third-order valence-corrected chi connectivity index (χ3v) is 3.35. The van der Waals surface area contributed by atoms with E-state index in [2.05, 4.69) is 0 Å². The van der Waals surface area contributed by atoms with E-state index in [0.717, 1.165) is 10.8 Å². The molecule has 0 radical (unpaired) electrons. The predicted octanol–water partition coefficient (Wildman–Crippen LogP) is 4.29. The Hall–Kier alpha value is -2.00. The maximum absolute atomic E-state index is 12.9. The van der Waals surface area contributed by atoms with Crippen molar-refractivity contribution in [3.8, 4) is 0 Å². The quantitative estimate of drug-likeness (QED) is 0.680. The molecule has 0 heterocycles. The largest absolute Gasteiger partial charge is 0.382 e. The minimum Gasteiger partial charge on any atom is -0.382 e. The molecule has 3 rings (SSSR count). The van der Waals surface area contributed by atoms with Crippen LogP contribution in [0.15, 0.2) is 54.6 Å². The second kappa shape index (κ2) is 4.59. The average Bonchev–Trinajstić information content (AvgIpc) is 2.43. The van der Waals surface area contributed by atoms with Crippen LogP contribution >= 0.6 is 0 Å². The van der Waals surface area contributed by atoms with Gasteiger partial charge in [-0.15, -0.1) is 0 Å². The zero-order valence-electron chi connectivity index (χ0n) is 10.1. The lowest BCUT2D eigenvalue weighted by molar-refractivity contribution is -0.00414. The first kappa shape index (κ1) is 12.1. The van der Waals surface area contributed by atoms with Crippen molar-refractivity contribution in [1.29, 1.82) is 0 Å². The van der Waals surface area contributed by atoms with E-state index in [-0.39, 0.29) is 0 Å². The minimum atomic E-state index is -2.80. The number of hydrogen-bond donors (Lipinski definition) is 1. The Kier molecular flexibility index (Phi) is 2.91. The van der Waals surface area contributed by atoms with Gasteiger partial charge in [0.05, 0.1) is 0 Å². The van der Waals surface area contributed by atoms with E-state index < -0.39 is 12.5 Å². The van der Waals surface area contributed by atoms with Crippen molar-refractivity contribution in [3.05, 3.63) is 60.2 Å². The van der Waals surface area contributed by atoms with Crippen molar-refractivity contribution in [3.63, 3.8) is 0 Å². The molecule has 19 heavy (non-hydrogen) atoms. The molecule has 3 aromatic carbocycles. The molecule has 96 valence electrons. The van der Waals surface area contributed by atoms with E-state index in [9.17, 15) is 13.9 Å². The van der Waals surface area contributed by atoms with Crippen LogP contribution in [-0.4, -0.2) is 11.5 Å². The van der Waals surface area contributed by atoms with Gasteiger partial charge in [-0.1, -0.05) is 48.5 Å². The summed E-state index contributed by atoms with van der Waals surface area (Å²) in [5, 5.41) is 12.9. The van der Waals surface area contributed by atoms with Gasteiger partial charge >= 0.3 is 0 Å². The Bertz CT molecular complexity index is 683. The molecule has 0 aromatic heterocycles. The number of aliphatic hydroxyl groups excluding tert-OH is 1. The molecular formula is C16H12F2O. The number of alkyl halides is 2. The van der Waals surface area contributed by atoms with Crippen molar-refractivity contribution in [2.75, 3.05) is 0 Å². The molecule has 1 unspecified atom stereocenters. The summed E-state index contributed by atoms with van der Waals surface area (Å²) in [6, 6.07) is 16.5. The molecule has 1 nitrogen and oxygen atoms in total. The molecule has 0 spiro atoms. The summed E-state index contributed by atoms with van der Waals surface area (Å²) in [6.07, 6.45) is -4.56. The van der Waals surface area contributed by atoms with Crippen LogP contribution in [0.5, 0.6) is 0 Å². The van der Waals surface area contributed by atoms with Crippen LogP contribution < -0.4 is 0 Å². The predicted molar refractivity (Wildman–Crippen MR) is 72.4 cm³/mol. The number of rotatable bonds is 2. The first-order valence-electron chi connectivity index (χ1n) is 6.05. The van der Waals surface area contributed by atoms with Crippen molar-refractivity contribution >= 4 is 21.5 Å². The Morgan fingerprint density at radius 3 is 1.74 bits per heavy atom. The van der Waals surface area contributed by atoms with Crippen molar-refractivity contribution in [1.82, 2.24) is 0 Å². The molecule has 0 amide bonds. The number of hydrogen-bond acceptors (Lipinski definition) is 1. The summed E-state index contributed by atoms with van der Waals surface area (Å²) in [4.78, 5) is 0. The molecule has 1 N–H and O–H groups in total. The zero-order valence-corrected chi connectivity index (χ0v) is 10.1. The highest BCUT2D eigenvalue weighted by Gasteiger charge is 2.23. The SMILES string of the molecule is OC(c1c2ccccc2cc2ccccc12)C(F)F.